The highest BCUT2D eigenvalue weighted by Crippen LogP contribution is 2.40. The van der Waals surface area contributed by atoms with Gasteiger partial charge in [-0.05, 0) is 31.4 Å². The van der Waals surface area contributed by atoms with Crippen molar-refractivity contribution in [3.8, 4) is 0 Å². The number of oxazole rings is 1. The van der Waals surface area contributed by atoms with E-state index in [9.17, 15) is 9.18 Å². The maximum absolute atomic E-state index is 13.5. The number of halogens is 1. The van der Waals surface area contributed by atoms with E-state index < -0.39 is 0 Å². The van der Waals surface area contributed by atoms with E-state index in [-0.39, 0.29) is 17.9 Å². The van der Waals surface area contributed by atoms with E-state index >= 15 is 0 Å². The molecule has 22 heavy (non-hydrogen) atoms. The summed E-state index contributed by atoms with van der Waals surface area (Å²) in [5.74, 6) is 1.50. The zero-order chi connectivity index (χ0) is 15.3. The number of aromatic nitrogens is 3. The zero-order valence-electron chi connectivity index (χ0n) is 12.0. The lowest BCUT2D eigenvalue weighted by atomic mass is 10.1. The summed E-state index contributed by atoms with van der Waals surface area (Å²) in [7, 11) is 0. The van der Waals surface area contributed by atoms with E-state index in [0.717, 1.165) is 18.6 Å². The zero-order valence-corrected chi connectivity index (χ0v) is 12.0. The fourth-order valence-corrected chi connectivity index (χ4v) is 2.50. The van der Waals surface area contributed by atoms with Crippen molar-refractivity contribution in [1.29, 1.82) is 0 Å². The lowest BCUT2D eigenvalue weighted by Crippen LogP contribution is -2.21. The van der Waals surface area contributed by atoms with Gasteiger partial charge in [0.25, 0.3) is 5.56 Å². The largest absolute Gasteiger partial charge is 0.443 e. The van der Waals surface area contributed by atoms with E-state index in [1.54, 1.807) is 13.1 Å². The molecule has 2 heterocycles. The minimum Gasteiger partial charge on any atom is -0.443 e. The van der Waals surface area contributed by atoms with Gasteiger partial charge >= 0.3 is 0 Å². The highest BCUT2D eigenvalue weighted by molar-refractivity contribution is 5.78. The van der Waals surface area contributed by atoms with Crippen LogP contribution in [0.1, 0.15) is 36.0 Å². The molecule has 4 rings (SSSR count). The van der Waals surface area contributed by atoms with E-state index in [1.807, 2.05) is 0 Å². The van der Waals surface area contributed by atoms with E-state index in [1.165, 1.54) is 23.0 Å². The molecule has 0 amide bonds. The summed E-state index contributed by atoms with van der Waals surface area (Å²) in [6, 6.07) is 2.81. The van der Waals surface area contributed by atoms with Gasteiger partial charge < -0.3 is 4.42 Å². The Kier molecular flexibility index (Phi) is 2.85. The van der Waals surface area contributed by atoms with Crippen LogP contribution in [0.2, 0.25) is 0 Å². The quantitative estimate of drug-likeness (QED) is 0.746. The molecular weight excluding hydrogens is 285 g/mol. The number of rotatable bonds is 3. The number of benzene rings is 1. The van der Waals surface area contributed by atoms with Gasteiger partial charge in [0.1, 0.15) is 18.1 Å². The average Bonchev–Trinajstić information content (AvgIpc) is 3.24. The van der Waals surface area contributed by atoms with Crippen LogP contribution in [-0.2, 0) is 6.54 Å². The van der Waals surface area contributed by atoms with Crippen LogP contribution in [0.25, 0.3) is 10.9 Å². The Morgan fingerprint density at radius 1 is 1.36 bits per heavy atom. The van der Waals surface area contributed by atoms with Crippen molar-refractivity contribution in [2.24, 2.45) is 0 Å². The first-order chi connectivity index (χ1) is 10.6. The Hall–Kier alpha value is -2.50. The SMILES string of the molecule is Cc1cc2c(=O)n(Cc3ncc(C4CC4)o3)cnc2cc1F. The van der Waals surface area contributed by atoms with Gasteiger partial charge in [0, 0.05) is 12.0 Å². The summed E-state index contributed by atoms with van der Waals surface area (Å²) in [6.45, 7) is 1.85. The maximum Gasteiger partial charge on any atom is 0.261 e. The fourth-order valence-electron chi connectivity index (χ4n) is 2.50. The number of hydrogen-bond donors (Lipinski definition) is 0. The van der Waals surface area contributed by atoms with Crippen molar-refractivity contribution in [2.75, 3.05) is 0 Å². The molecule has 0 bridgehead atoms. The maximum atomic E-state index is 13.5. The van der Waals surface area contributed by atoms with E-state index in [4.69, 9.17) is 4.42 Å². The Labute approximate surface area is 125 Å². The molecule has 0 atom stereocenters. The number of aryl methyl sites for hydroxylation is 1. The van der Waals surface area contributed by atoms with Crippen molar-refractivity contribution in [1.82, 2.24) is 14.5 Å². The summed E-state index contributed by atoms with van der Waals surface area (Å²) in [5.41, 5.74) is 0.561. The lowest BCUT2D eigenvalue weighted by molar-refractivity contribution is 0.440. The van der Waals surface area contributed by atoms with Crippen molar-refractivity contribution in [3.05, 3.63) is 58.0 Å². The molecular formula is C16H14FN3O2. The van der Waals surface area contributed by atoms with Gasteiger partial charge in [-0.15, -0.1) is 0 Å². The number of fused-ring (bicyclic) bond motifs is 1. The molecule has 3 aromatic rings. The topological polar surface area (TPSA) is 60.9 Å². The summed E-state index contributed by atoms with van der Waals surface area (Å²) < 4.78 is 20.6. The van der Waals surface area contributed by atoms with Gasteiger partial charge in [-0.25, -0.2) is 14.4 Å². The Morgan fingerprint density at radius 2 is 2.18 bits per heavy atom. The second-order valence-corrected chi connectivity index (χ2v) is 5.73. The highest BCUT2D eigenvalue weighted by atomic mass is 19.1. The van der Waals surface area contributed by atoms with Crippen LogP contribution in [0.5, 0.6) is 0 Å². The molecule has 5 nitrogen and oxygen atoms in total. The molecule has 2 aromatic heterocycles. The van der Waals surface area contributed by atoms with E-state index in [0.29, 0.717) is 28.3 Å². The normalized spacial score (nSPS) is 14.6. The molecule has 0 aliphatic heterocycles. The van der Waals surface area contributed by atoms with Crippen LogP contribution in [-0.4, -0.2) is 14.5 Å². The van der Waals surface area contributed by atoms with Gasteiger partial charge in [0.05, 0.1) is 23.4 Å². The molecule has 0 N–H and O–H groups in total. The van der Waals surface area contributed by atoms with E-state index in [2.05, 4.69) is 9.97 Å². The predicted octanol–water partition coefficient (Wildman–Crippen LogP) is 2.76. The minimum absolute atomic E-state index is 0.223. The molecule has 0 saturated heterocycles. The monoisotopic (exact) mass is 299 g/mol. The third-order valence-electron chi connectivity index (χ3n) is 3.96. The second-order valence-electron chi connectivity index (χ2n) is 5.73. The summed E-state index contributed by atoms with van der Waals surface area (Å²) in [4.78, 5) is 20.8. The molecule has 1 aliphatic rings. The Morgan fingerprint density at radius 3 is 2.95 bits per heavy atom. The number of hydrogen-bond acceptors (Lipinski definition) is 4. The summed E-state index contributed by atoms with van der Waals surface area (Å²) in [5, 5.41) is 0.398. The van der Waals surface area contributed by atoms with Crippen LogP contribution in [0, 0.1) is 12.7 Å². The van der Waals surface area contributed by atoms with Crippen molar-refractivity contribution in [3.63, 3.8) is 0 Å². The van der Waals surface area contributed by atoms with Gasteiger partial charge in [-0.1, -0.05) is 0 Å². The molecule has 1 aromatic carbocycles. The van der Waals surface area contributed by atoms with Gasteiger partial charge in [-0.2, -0.15) is 0 Å². The first-order valence-electron chi connectivity index (χ1n) is 7.22. The summed E-state index contributed by atoms with van der Waals surface area (Å²) >= 11 is 0. The molecule has 1 fully saturated rings. The van der Waals surface area contributed by atoms with Gasteiger partial charge in [0.2, 0.25) is 5.89 Å². The van der Waals surface area contributed by atoms with Crippen molar-refractivity contribution < 1.29 is 8.81 Å². The van der Waals surface area contributed by atoms with Gasteiger partial charge in [-0.3, -0.25) is 9.36 Å². The number of nitrogens with zero attached hydrogens (tertiary/aromatic N) is 3. The molecule has 0 radical (unpaired) electrons. The van der Waals surface area contributed by atoms with Crippen molar-refractivity contribution >= 4 is 10.9 Å². The average molecular weight is 299 g/mol. The molecule has 1 saturated carbocycles. The van der Waals surface area contributed by atoms with Crippen LogP contribution in [0.4, 0.5) is 4.39 Å². The Bertz CT molecular complexity index is 925. The molecule has 112 valence electrons. The highest BCUT2D eigenvalue weighted by Gasteiger charge is 2.27. The lowest BCUT2D eigenvalue weighted by Gasteiger charge is -2.05. The third kappa shape index (κ3) is 2.20. The first kappa shape index (κ1) is 13.2. The van der Waals surface area contributed by atoms with Crippen LogP contribution in [0.3, 0.4) is 0 Å². The fraction of sp³-hybridized carbons (Fsp3) is 0.312. The Balaban J connectivity index is 1.73. The van der Waals surface area contributed by atoms with Crippen LogP contribution in [0.15, 0.2) is 33.9 Å². The molecule has 1 aliphatic carbocycles. The summed E-state index contributed by atoms with van der Waals surface area (Å²) in [6.07, 6.45) is 5.40. The van der Waals surface area contributed by atoms with Crippen LogP contribution < -0.4 is 5.56 Å². The second kappa shape index (κ2) is 4.76. The minimum atomic E-state index is -0.362. The predicted molar refractivity (Wildman–Crippen MR) is 78.3 cm³/mol. The molecule has 6 heteroatoms. The van der Waals surface area contributed by atoms with Crippen LogP contribution >= 0.6 is 0 Å². The standard InChI is InChI=1S/C16H14FN3O2/c1-9-4-11-13(5-12(9)17)19-8-20(16(11)21)7-15-18-6-14(22-15)10-2-3-10/h4-6,8,10H,2-3,7H2,1H3. The molecule has 0 unspecified atom stereocenters. The van der Waals surface area contributed by atoms with Crippen molar-refractivity contribution in [2.45, 2.75) is 32.2 Å². The molecule has 0 spiro atoms. The third-order valence-corrected chi connectivity index (χ3v) is 3.96. The van der Waals surface area contributed by atoms with Gasteiger partial charge in [0.15, 0.2) is 0 Å². The first-order valence-corrected chi connectivity index (χ1v) is 7.22. The smallest absolute Gasteiger partial charge is 0.261 e.